The summed E-state index contributed by atoms with van der Waals surface area (Å²) in [7, 11) is 0. The second-order valence-electron chi connectivity index (χ2n) is 12.5. The molecule has 3 aromatic rings. The number of phenolic OH excluding ortho intramolecular Hbond substituents is 1. The molecule has 0 spiro atoms. The third-order valence-electron chi connectivity index (χ3n) is 9.48. The molecule has 3 aromatic carbocycles. The largest absolute Gasteiger partial charge is 0.507 e. The molecule has 11 nitrogen and oxygen atoms in total. The summed E-state index contributed by atoms with van der Waals surface area (Å²) in [5, 5.41) is 32.0. The highest BCUT2D eigenvalue weighted by Crippen LogP contribution is 2.29. The van der Waals surface area contributed by atoms with Crippen molar-refractivity contribution >= 4 is 46.0 Å². The fourth-order valence-electron chi connectivity index (χ4n) is 6.79. The third kappa shape index (κ3) is 7.33. The second kappa shape index (κ2) is 14.3. The van der Waals surface area contributed by atoms with E-state index in [1.165, 1.54) is 18.2 Å². The summed E-state index contributed by atoms with van der Waals surface area (Å²) in [5.41, 5.74) is 9.66. The molecule has 7 N–H and O–H groups in total. The molecule has 0 saturated carbocycles. The summed E-state index contributed by atoms with van der Waals surface area (Å²) < 4.78 is 15.2. The molecule has 3 saturated heterocycles. The van der Waals surface area contributed by atoms with Gasteiger partial charge in [-0.1, -0.05) is 24.3 Å². The van der Waals surface area contributed by atoms with Crippen LogP contribution < -0.4 is 26.2 Å². The maximum Gasteiger partial charge on any atom is 0.249 e. The summed E-state index contributed by atoms with van der Waals surface area (Å²) >= 11 is 0. The highest BCUT2D eigenvalue weighted by Gasteiger charge is 2.29. The van der Waals surface area contributed by atoms with Crippen LogP contribution in [0.1, 0.15) is 36.8 Å². The Balaban J connectivity index is 0.998. The van der Waals surface area contributed by atoms with Gasteiger partial charge in [-0.15, -0.1) is 0 Å². The van der Waals surface area contributed by atoms with Crippen molar-refractivity contribution in [1.29, 1.82) is 10.8 Å². The quantitative estimate of drug-likeness (QED) is 0.115. The average molecular weight is 653 g/mol. The van der Waals surface area contributed by atoms with Gasteiger partial charge >= 0.3 is 0 Å². The lowest BCUT2D eigenvalue weighted by molar-refractivity contribution is -0.133. The van der Waals surface area contributed by atoms with Crippen LogP contribution in [0.25, 0.3) is 5.57 Å². The number of piperazine rings is 1. The molecule has 48 heavy (non-hydrogen) atoms. The number of allylic oxidation sites excluding steroid dienone is 1. The van der Waals surface area contributed by atoms with Gasteiger partial charge in [0, 0.05) is 74.2 Å². The van der Waals surface area contributed by atoms with Crippen molar-refractivity contribution in [3.05, 3.63) is 89.8 Å². The Hall–Kier alpha value is -5.23. The first-order chi connectivity index (χ1) is 23.2. The van der Waals surface area contributed by atoms with E-state index in [4.69, 9.17) is 16.6 Å². The Morgan fingerprint density at radius 1 is 0.917 bits per heavy atom. The number of carbonyl (C=O) groups excluding carboxylic acids is 2. The number of amidine groups is 1. The first-order valence-electron chi connectivity index (χ1n) is 16.3. The number of halogens is 1. The van der Waals surface area contributed by atoms with E-state index in [9.17, 15) is 14.7 Å². The lowest BCUT2D eigenvalue weighted by Gasteiger charge is -2.44. The Morgan fingerprint density at radius 2 is 1.62 bits per heavy atom. The van der Waals surface area contributed by atoms with Crippen LogP contribution in [0.4, 0.5) is 21.5 Å². The Morgan fingerprint density at radius 3 is 2.27 bits per heavy atom. The van der Waals surface area contributed by atoms with Gasteiger partial charge in [-0.2, -0.15) is 0 Å². The molecule has 1 unspecified atom stereocenters. The lowest BCUT2D eigenvalue weighted by atomic mass is 9.98. The molecule has 6 rings (SSSR count). The van der Waals surface area contributed by atoms with Crippen molar-refractivity contribution in [2.75, 3.05) is 54.4 Å². The smallest absolute Gasteiger partial charge is 0.249 e. The van der Waals surface area contributed by atoms with E-state index in [2.05, 4.69) is 25.3 Å². The first kappa shape index (κ1) is 32.7. The second-order valence-corrected chi connectivity index (χ2v) is 12.5. The molecule has 0 radical (unpaired) electrons. The maximum absolute atomic E-state index is 15.2. The molecule has 0 bridgehead atoms. The van der Waals surface area contributed by atoms with Crippen LogP contribution >= 0.6 is 0 Å². The Bertz CT molecular complexity index is 1730. The van der Waals surface area contributed by atoms with Crippen LogP contribution in [0.15, 0.2) is 72.8 Å². The van der Waals surface area contributed by atoms with E-state index in [0.29, 0.717) is 35.0 Å². The van der Waals surface area contributed by atoms with Crippen LogP contribution in [0.5, 0.6) is 5.75 Å². The van der Waals surface area contributed by atoms with E-state index in [0.717, 1.165) is 63.4 Å². The zero-order chi connectivity index (χ0) is 33.8. The number of nitrogens with one attached hydrogen (secondary N) is 4. The standard InChI is InChI=1S/C36H41FN8O3/c37-29-21-24(41-31-10-12-34(47)42-36(31)48)7-11-32(29)45-19-17-44(18-20-45)26-13-15-43(16-14-26)25-8-5-23(6-9-25)28(35(39)40)22-30(38)27-3-1-2-4-33(27)46/h1-9,11,21-22,26,31,38,41,46H,10,12-20H2,(H3,39,40)(H,42,47,48)/b28-22-,38-30?. The molecule has 0 aliphatic carbocycles. The molecule has 1 atom stereocenters. The van der Waals surface area contributed by atoms with E-state index in [1.54, 1.807) is 30.3 Å². The normalized spacial score (nSPS) is 19.6. The van der Waals surface area contributed by atoms with Gasteiger partial charge in [-0.3, -0.25) is 25.2 Å². The number of hydrogen-bond acceptors (Lipinski definition) is 9. The molecule has 3 aliphatic heterocycles. The summed E-state index contributed by atoms with van der Waals surface area (Å²) in [6, 6.07) is 19.4. The van der Waals surface area contributed by atoms with Gasteiger partial charge in [-0.05, 0) is 73.4 Å². The van der Waals surface area contributed by atoms with Crippen LogP contribution in [0.3, 0.4) is 0 Å². The molecule has 250 valence electrons. The van der Waals surface area contributed by atoms with Crippen molar-refractivity contribution in [2.24, 2.45) is 5.73 Å². The van der Waals surface area contributed by atoms with Crippen molar-refractivity contribution in [1.82, 2.24) is 10.2 Å². The Kier molecular flexibility index (Phi) is 9.72. The highest BCUT2D eigenvalue weighted by atomic mass is 19.1. The minimum Gasteiger partial charge on any atom is -0.507 e. The third-order valence-corrected chi connectivity index (χ3v) is 9.48. The van der Waals surface area contributed by atoms with Crippen LogP contribution in [-0.2, 0) is 9.59 Å². The molecule has 12 heteroatoms. The number of rotatable bonds is 9. The average Bonchev–Trinajstić information content (AvgIpc) is 3.09. The van der Waals surface area contributed by atoms with E-state index in [1.807, 2.05) is 24.3 Å². The summed E-state index contributed by atoms with van der Waals surface area (Å²) in [6.07, 6.45) is 4.21. The SMILES string of the molecule is N=C(N)/C(=C\C(=N)c1ccccc1O)c1ccc(N2CCC(N3CCN(c4ccc(NC5CCC(=O)NC5=O)cc4F)CC3)CC2)cc1. The van der Waals surface area contributed by atoms with Gasteiger partial charge in [0.2, 0.25) is 11.8 Å². The fourth-order valence-corrected chi connectivity index (χ4v) is 6.79. The summed E-state index contributed by atoms with van der Waals surface area (Å²) in [4.78, 5) is 30.4. The van der Waals surface area contributed by atoms with Crippen molar-refractivity contribution < 1.29 is 19.1 Å². The minimum atomic E-state index is -0.553. The molecule has 3 fully saturated rings. The van der Waals surface area contributed by atoms with Crippen LogP contribution in [0, 0.1) is 16.6 Å². The monoisotopic (exact) mass is 652 g/mol. The van der Waals surface area contributed by atoms with E-state index < -0.39 is 6.04 Å². The van der Waals surface area contributed by atoms with Gasteiger partial charge in [0.1, 0.15) is 23.4 Å². The number of aromatic hydroxyl groups is 1. The lowest BCUT2D eigenvalue weighted by Crippen LogP contribution is -2.53. The number of phenols is 1. The number of para-hydroxylation sites is 1. The first-order valence-corrected chi connectivity index (χ1v) is 16.3. The molecular formula is C36H41FN8O3. The van der Waals surface area contributed by atoms with Crippen molar-refractivity contribution in [3.8, 4) is 5.75 Å². The molecule has 2 amide bonds. The van der Waals surface area contributed by atoms with Gasteiger partial charge in [0.05, 0.1) is 11.4 Å². The van der Waals surface area contributed by atoms with E-state index >= 15 is 4.39 Å². The molecule has 0 aromatic heterocycles. The van der Waals surface area contributed by atoms with Gasteiger partial charge in [0.25, 0.3) is 0 Å². The summed E-state index contributed by atoms with van der Waals surface area (Å²) in [5.74, 6) is -1.14. The molecule has 3 aliphatic rings. The number of benzene rings is 3. The highest BCUT2D eigenvalue weighted by molar-refractivity contribution is 6.27. The van der Waals surface area contributed by atoms with Crippen LogP contribution in [0.2, 0.25) is 0 Å². The number of nitrogens with two attached hydrogens (primary N) is 1. The molecular weight excluding hydrogens is 611 g/mol. The van der Waals surface area contributed by atoms with Gasteiger partial charge in [-0.25, -0.2) is 4.39 Å². The molecule has 3 heterocycles. The van der Waals surface area contributed by atoms with Crippen LogP contribution in [-0.4, -0.2) is 84.7 Å². The minimum absolute atomic E-state index is 0.00375. The van der Waals surface area contributed by atoms with Crippen molar-refractivity contribution in [3.63, 3.8) is 0 Å². The van der Waals surface area contributed by atoms with Crippen molar-refractivity contribution in [2.45, 2.75) is 37.8 Å². The zero-order valence-corrected chi connectivity index (χ0v) is 26.7. The number of amides is 2. The topological polar surface area (TPSA) is 162 Å². The maximum atomic E-state index is 15.2. The van der Waals surface area contributed by atoms with E-state index in [-0.39, 0.29) is 41.3 Å². The number of imide groups is 1. The Labute approximate surface area is 279 Å². The van der Waals surface area contributed by atoms with Gasteiger partial charge in [0.15, 0.2) is 0 Å². The fraction of sp³-hybridized carbons (Fsp3) is 0.333. The summed E-state index contributed by atoms with van der Waals surface area (Å²) in [6.45, 7) is 4.98. The number of hydrogen-bond donors (Lipinski definition) is 6. The zero-order valence-electron chi connectivity index (χ0n) is 26.7. The number of nitrogens with zero attached hydrogens (tertiary/aromatic N) is 3. The number of anilines is 3. The predicted octanol–water partition coefficient (Wildman–Crippen LogP) is 3.93. The number of piperidine rings is 2. The number of carbonyl (C=O) groups is 2. The predicted molar refractivity (Wildman–Crippen MR) is 186 cm³/mol. The van der Waals surface area contributed by atoms with Gasteiger partial charge < -0.3 is 31.4 Å².